The van der Waals surface area contributed by atoms with Crippen molar-refractivity contribution in [3.8, 4) is 0 Å². The van der Waals surface area contributed by atoms with Crippen LogP contribution in [0.3, 0.4) is 0 Å². The lowest BCUT2D eigenvalue weighted by Gasteiger charge is -2.31. The Labute approximate surface area is 168 Å². The van der Waals surface area contributed by atoms with Gasteiger partial charge in [0, 0.05) is 25.3 Å². The van der Waals surface area contributed by atoms with E-state index in [9.17, 15) is 8.42 Å². The minimum atomic E-state index is -2.87. The minimum absolute atomic E-state index is 0. The van der Waals surface area contributed by atoms with Crippen molar-refractivity contribution in [2.24, 2.45) is 10.9 Å². The summed E-state index contributed by atoms with van der Waals surface area (Å²) in [5.41, 5.74) is 1.03. The fraction of sp³-hybridized carbons (Fsp3) is 0.611. The van der Waals surface area contributed by atoms with Crippen molar-refractivity contribution in [1.82, 2.24) is 4.90 Å². The van der Waals surface area contributed by atoms with Gasteiger partial charge in [0.2, 0.25) is 0 Å². The second kappa shape index (κ2) is 9.75. The summed E-state index contributed by atoms with van der Waals surface area (Å²) in [6.45, 7) is 2.62. The first-order valence-electron chi connectivity index (χ1n) is 8.94. The molecule has 7 heteroatoms. The van der Waals surface area contributed by atoms with Crippen molar-refractivity contribution in [3.63, 3.8) is 0 Å². The molecule has 3 rings (SSSR count). The molecule has 1 atom stereocenters. The van der Waals surface area contributed by atoms with Gasteiger partial charge in [-0.15, -0.1) is 24.0 Å². The lowest BCUT2D eigenvalue weighted by Crippen LogP contribution is -2.40. The molecule has 2 fully saturated rings. The molecule has 1 aromatic carbocycles. The molecule has 2 heterocycles. The molecule has 140 valence electrons. The van der Waals surface area contributed by atoms with Crippen LogP contribution in [0.25, 0.3) is 0 Å². The molecule has 25 heavy (non-hydrogen) atoms. The van der Waals surface area contributed by atoms with E-state index in [1.165, 1.54) is 19.3 Å². The fourth-order valence-corrected chi connectivity index (χ4v) is 5.22. The summed E-state index contributed by atoms with van der Waals surface area (Å²) in [7, 11) is -2.87. The van der Waals surface area contributed by atoms with Gasteiger partial charge < -0.3 is 10.2 Å². The number of aliphatic imine (C=N–C) groups is 1. The smallest absolute Gasteiger partial charge is 0.198 e. The molecule has 2 aliphatic heterocycles. The highest BCUT2D eigenvalue weighted by Crippen LogP contribution is 2.19. The molecule has 0 bridgehead atoms. The lowest BCUT2D eigenvalue weighted by atomic mass is 10.1. The quantitative estimate of drug-likeness (QED) is 0.412. The van der Waals surface area contributed by atoms with E-state index < -0.39 is 9.84 Å². The predicted molar refractivity (Wildman–Crippen MR) is 115 cm³/mol. The van der Waals surface area contributed by atoms with Gasteiger partial charge in [0.25, 0.3) is 0 Å². The molecule has 1 aromatic rings. The molecule has 2 aliphatic rings. The maximum Gasteiger partial charge on any atom is 0.198 e. The Morgan fingerprint density at radius 2 is 1.84 bits per heavy atom. The van der Waals surface area contributed by atoms with Crippen LogP contribution in [-0.2, 0) is 9.84 Å². The van der Waals surface area contributed by atoms with Crippen LogP contribution in [0.1, 0.15) is 32.1 Å². The van der Waals surface area contributed by atoms with Crippen molar-refractivity contribution >= 4 is 45.5 Å². The zero-order chi connectivity index (χ0) is 16.8. The summed E-state index contributed by atoms with van der Waals surface area (Å²) in [5.74, 6) is 1.67. The summed E-state index contributed by atoms with van der Waals surface area (Å²) in [4.78, 5) is 7.10. The molecule has 1 unspecified atom stereocenters. The molecule has 0 radical (unpaired) electrons. The van der Waals surface area contributed by atoms with Crippen LogP contribution < -0.4 is 5.32 Å². The molecular formula is C18H28IN3O2S. The van der Waals surface area contributed by atoms with Crippen molar-refractivity contribution in [1.29, 1.82) is 0 Å². The Bertz CT molecular complexity index is 658. The Kier molecular flexibility index (Phi) is 7.99. The average Bonchev–Trinajstić information content (AvgIpc) is 2.59. The predicted octanol–water partition coefficient (Wildman–Crippen LogP) is 3.38. The van der Waals surface area contributed by atoms with E-state index in [-0.39, 0.29) is 35.6 Å². The highest BCUT2D eigenvalue weighted by Gasteiger charge is 2.25. The number of sulfone groups is 1. The van der Waals surface area contributed by atoms with Crippen LogP contribution in [-0.4, -0.2) is 50.4 Å². The van der Waals surface area contributed by atoms with Gasteiger partial charge >= 0.3 is 0 Å². The number of halogens is 1. The monoisotopic (exact) mass is 477 g/mol. The Balaban J connectivity index is 0.00000225. The van der Waals surface area contributed by atoms with Gasteiger partial charge in [0.15, 0.2) is 15.8 Å². The number of piperidine rings is 1. The van der Waals surface area contributed by atoms with Gasteiger partial charge in [-0.1, -0.05) is 18.2 Å². The standard InChI is InChI=1S/C18H27N3O2S.HI/c22-24(23)13-7-8-16(15-24)14-19-18(21-11-5-2-6-12-21)20-17-9-3-1-4-10-17;/h1,3-4,9-10,16H,2,5-8,11-15H2,(H,19,20);1H. The van der Waals surface area contributed by atoms with Crippen molar-refractivity contribution < 1.29 is 8.42 Å². The van der Waals surface area contributed by atoms with E-state index in [2.05, 4.69) is 10.2 Å². The minimum Gasteiger partial charge on any atom is -0.343 e. The number of rotatable bonds is 3. The number of benzene rings is 1. The number of para-hydroxylation sites is 1. The van der Waals surface area contributed by atoms with E-state index in [0.717, 1.165) is 37.6 Å². The molecule has 1 N–H and O–H groups in total. The first-order chi connectivity index (χ1) is 11.6. The first-order valence-corrected chi connectivity index (χ1v) is 10.8. The number of likely N-dealkylation sites (tertiary alicyclic amines) is 1. The lowest BCUT2D eigenvalue weighted by molar-refractivity contribution is 0.339. The van der Waals surface area contributed by atoms with E-state index >= 15 is 0 Å². The van der Waals surface area contributed by atoms with Crippen molar-refractivity contribution in [2.75, 3.05) is 36.5 Å². The van der Waals surface area contributed by atoms with Crippen LogP contribution >= 0.6 is 24.0 Å². The van der Waals surface area contributed by atoms with Gasteiger partial charge in [-0.3, -0.25) is 4.99 Å². The van der Waals surface area contributed by atoms with Crippen LogP contribution in [0.15, 0.2) is 35.3 Å². The molecule has 2 saturated heterocycles. The van der Waals surface area contributed by atoms with Gasteiger partial charge in [-0.2, -0.15) is 0 Å². The third-order valence-electron chi connectivity index (χ3n) is 4.74. The van der Waals surface area contributed by atoms with Crippen molar-refractivity contribution in [3.05, 3.63) is 30.3 Å². The van der Waals surface area contributed by atoms with Crippen LogP contribution in [0.4, 0.5) is 5.69 Å². The Hall–Kier alpha value is -0.830. The molecule has 0 amide bonds. The average molecular weight is 477 g/mol. The van der Waals surface area contributed by atoms with Gasteiger partial charge in [0.1, 0.15) is 0 Å². The van der Waals surface area contributed by atoms with Gasteiger partial charge in [-0.25, -0.2) is 8.42 Å². The van der Waals surface area contributed by atoms with Crippen molar-refractivity contribution in [2.45, 2.75) is 32.1 Å². The summed E-state index contributed by atoms with van der Waals surface area (Å²) in [5, 5.41) is 3.44. The maximum atomic E-state index is 11.8. The number of hydrogen-bond donors (Lipinski definition) is 1. The van der Waals surface area contributed by atoms with E-state index in [1.807, 2.05) is 30.3 Å². The summed E-state index contributed by atoms with van der Waals surface area (Å²) < 4.78 is 23.6. The zero-order valence-corrected chi connectivity index (χ0v) is 17.7. The SMILES string of the molecule is I.O=S1(=O)CCCC(CN=C(Nc2ccccc2)N2CCCCC2)C1. The summed E-state index contributed by atoms with van der Waals surface area (Å²) >= 11 is 0. The molecular weight excluding hydrogens is 449 g/mol. The number of anilines is 1. The highest BCUT2D eigenvalue weighted by atomic mass is 127. The number of nitrogens with zero attached hydrogens (tertiary/aromatic N) is 2. The maximum absolute atomic E-state index is 11.8. The second-order valence-electron chi connectivity index (χ2n) is 6.83. The Morgan fingerprint density at radius 1 is 1.12 bits per heavy atom. The summed E-state index contributed by atoms with van der Waals surface area (Å²) in [6, 6.07) is 10.1. The third-order valence-corrected chi connectivity index (χ3v) is 6.63. The second-order valence-corrected chi connectivity index (χ2v) is 9.05. The van der Waals surface area contributed by atoms with Gasteiger partial charge in [0.05, 0.1) is 11.5 Å². The van der Waals surface area contributed by atoms with E-state index in [0.29, 0.717) is 12.3 Å². The van der Waals surface area contributed by atoms with Gasteiger partial charge in [-0.05, 0) is 50.2 Å². The third kappa shape index (κ3) is 6.44. The first kappa shape index (κ1) is 20.5. The van der Waals surface area contributed by atoms with Crippen LogP contribution in [0, 0.1) is 5.92 Å². The largest absolute Gasteiger partial charge is 0.343 e. The molecule has 0 aliphatic carbocycles. The van der Waals surface area contributed by atoms with E-state index in [4.69, 9.17) is 4.99 Å². The molecule has 5 nitrogen and oxygen atoms in total. The number of guanidine groups is 1. The number of hydrogen-bond acceptors (Lipinski definition) is 3. The normalized spacial score (nSPS) is 23.6. The molecule has 0 spiro atoms. The fourth-order valence-electron chi connectivity index (χ4n) is 3.45. The van der Waals surface area contributed by atoms with E-state index in [1.54, 1.807) is 0 Å². The van der Waals surface area contributed by atoms with Crippen LogP contribution in [0.2, 0.25) is 0 Å². The summed E-state index contributed by atoms with van der Waals surface area (Å²) in [6.07, 6.45) is 5.38. The Morgan fingerprint density at radius 3 is 2.52 bits per heavy atom. The topological polar surface area (TPSA) is 61.8 Å². The zero-order valence-electron chi connectivity index (χ0n) is 14.6. The highest BCUT2D eigenvalue weighted by molar-refractivity contribution is 14.0. The molecule has 0 aromatic heterocycles. The van der Waals surface area contributed by atoms with Crippen LogP contribution in [0.5, 0.6) is 0 Å². The number of nitrogens with one attached hydrogen (secondary N) is 1. The molecule has 0 saturated carbocycles.